The summed E-state index contributed by atoms with van der Waals surface area (Å²) in [5, 5.41) is 13.2. The van der Waals surface area contributed by atoms with Gasteiger partial charge in [0.15, 0.2) is 0 Å². The molecule has 164 valence electrons. The first-order valence-electron chi connectivity index (χ1n) is 9.94. The number of halogens is 1. The van der Waals surface area contributed by atoms with Crippen LogP contribution in [0.3, 0.4) is 0 Å². The first kappa shape index (κ1) is 23.2. The molecule has 1 atom stereocenters. The number of benzene rings is 2. The Labute approximate surface area is 187 Å². The average molecular weight is 450 g/mol. The monoisotopic (exact) mass is 450 g/mol. The number of carbonyl (C=O) groups excluding carboxylic acids is 1. The zero-order valence-electron chi connectivity index (χ0n) is 18.3. The third-order valence-corrected chi connectivity index (χ3v) is 5.29. The summed E-state index contributed by atoms with van der Waals surface area (Å²) in [5.74, 6) is 1.66. The van der Waals surface area contributed by atoms with Gasteiger partial charge in [0.05, 0.1) is 6.04 Å². The molecule has 0 fully saturated rings. The summed E-state index contributed by atoms with van der Waals surface area (Å²) >= 11 is 0. The number of phenolic OH excluding ortho intramolecular Hbond substituents is 1. The number of rotatable bonds is 4. The largest absolute Gasteiger partial charge is 0.508 e. The minimum atomic E-state index is -2.55. The Morgan fingerprint density at radius 2 is 1.78 bits per heavy atom. The van der Waals surface area contributed by atoms with E-state index in [-0.39, 0.29) is 17.0 Å². The van der Waals surface area contributed by atoms with Crippen LogP contribution in [0, 0.1) is 31.2 Å². The van der Waals surface area contributed by atoms with Crippen LogP contribution >= 0.6 is 7.14 Å². The molecular formula is C25H24FN2O3P. The minimum Gasteiger partial charge on any atom is -0.508 e. The average Bonchev–Trinajstić information content (AvgIpc) is 2.72. The Kier molecular flexibility index (Phi) is 6.81. The van der Waals surface area contributed by atoms with E-state index in [4.69, 9.17) is 0 Å². The van der Waals surface area contributed by atoms with Gasteiger partial charge in [0.2, 0.25) is 0 Å². The fourth-order valence-corrected chi connectivity index (χ4v) is 3.52. The molecular weight excluding hydrogens is 426 g/mol. The number of carbonyl (C=O) groups is 1. The molecule has 32 heavy (non-hydrogen) atoms. The number of pyridine rings is 1. The zero-order valence-corrected chi connectivity index (χ0v) is 19.2. The molecule has 0 saturated carbocycles. The first-order valence-corrected chi connectivity index (χ1v) is 12.5. The van der Waals surface area contributed by atoms with E-state index < -0.39 is 24.9 Å². The number of amides is 1. The lowest BCUT2D eigenvalue weighted by atomic mass is 9.96. The van der Waals surface area contributed by atoms with Crippen LogP contribution in [-0.2, 0) is 4.57 Å². The lowest BCUT2D eigenvalue weighted by molar-refractivity contribution is 0.0937. The number of nitrogens with zero attached hydrogens (tertiary/aromatic N) is 1. The molecule has 1 heterocycles. The van der Waals surface area contributed by atoms with Crippen molar-refractivity contribution in [3.8, 4) is 17.3 Å². The molecule has 3 rings (SSSR count). The van der Waals surface area contributed by atoms with E-state index in [1.165, 1.54) is 18.2 Å². The fraction of sp³-hybridized carbons (Fsp3) is 0.200. The third-order valence-electron chi connectivity index (χ3n) is 4.64. The highest BCUT2D eigenvalue weighted by atomic mass is 31.2. The summed E-state index contributed by atoms with van der Waals surface area (Å²) in [7, 11) is -2.55. The fourth-order valence-electron chi connectivity index (χ4n) is 3.12. The van der Waals surface area contributed by atoms with E-state index in [2.05, 4.69) is 21.9 Å². The Morgan fingerprint density at radius 1 is 1.09 bits per heavy atom. The number of aryl methyl sites for hydroxylation is 2. The molecule has 0 aliphatic carbocycles. The van der Waals surface area contributed by atoms with Crippen LogP contribution in [0.25, 0.3) is 0 Å². The Morgan fingerprint density at radius 3 is 2.44 bits per heavy atom. The second-order valence-corrected chi connectivity index (χ2v) is 10.9. The Hall–Kier alpha value is -3.42. The number of aromatic hydroxyl groups is 1. The normalized spacial score (nSPS) is 11.9. The summed E-state index contributed by atoms with van der Waals surface area (Å²) < 4.78 is 25.9. The van der Waals surface area contributed by atoms with Gasteiger partial charge in [-0.15, -0.1) is 0 Å². The molecule has 0 spiro atoms. The quantitative estimate of drug-likeness (QED) is 0.433. The van der Waals surface area contributed by atoms with Gasteiger partial charge in [0.1, 0.15) is 24.4 Å². The number of nitrogens with one attached hydrogen (secondary N) is 1. The van der Waals surface area contributed by atoms with E-state index in [9.17, 15) is 18.9 Å². The molecule has 1 unspecified atom stereocenters. The highest BCUT2D eigenvalue weighted by Gasteiger charge is 2.22. The predicted octanol–water partition coefficient (Wildman–Crippen LogP) is 4.99. The lowest BCUT2D eigenvalue weighted by Gasteiger charge is -2.21. The molecule has 2 N–H and O–H groups in total. The van der Waals surface area contributed by atoms with E-state index in [0.717, 1.165) is 11.6 Å². The van der Waals surface area contributed by atoms with Crippen molar-refractivity contribution in [3.05, 3.63) is 94.1 Å². The molecule has 1 amide bonds. The Balaban J connectivity index is 2.01. The maximum atomic E-state index is 14.0. The van der Waals surface area contributed by atoms with Gasteiger partial charge in [0, 0.05) is 16.8 Å². The highest BCUT2D eigenvalue weighted by Crippen LogP contribution is 2.34. The van der Waals surface area contributed by atoms with Gasteiger partial charge in [0.25, 0.3) is 5.91 Å². The molecule has 0 bridgehead atoms. The van der Waals surface area contributed by atoms with Gasteiger partial charge in [-0.25, -0.2) is 9.37 Å². The van der Waals surface area contributed by atoms with Gasteiger partial charge < -0.3 is 15.0 Å². The molecule has 1 aromatic heterocycles. The summed E-state index contributed by atoms with van der Waals surface area (Å²) in [6.45, 7) is 6.80. The van der Waals surface area contributed by atoms with Crippen LogP contribution in [0.1, 0.15) is 44.5 Å². The minimum absolute atomic E-state index is 0.115. The number of phenols is 1. The SMILES string of the molecule is Cc1ccc(C(NC(=O)c2cc(C#CP(C)(C)=O)cc(C)n2)c2cc(F)ccc2O)cc1. The van der Waals surface area contributed by atoms with Crippen LogP contribution in [-0.4, -0.2) is 29.3 Å². The van der Waals surface area contributed by atoms with Gasteiger partial charge in [-0.1, -0.05) is 35.7 Å². The van der Waals surface area contributed by atoms with Gasteiger partial charge in [-0.3, -0.25) is 4.79 Å². The highest BCUT2D eigenvalue weighted by molar-refractivity contribution is 7.67. The van der Waals surface area contributed by atoms with E-state index in [0.29, 0.717) is 16.8 Å². The van der Waals surface area contributed by atoms with Crippen LogP contribution < -0.4 is 5.32 Å². The molecule has 7 heteroatoms. The van der Waals surface area contributed by atoms with Crippen molar-refractivity contribution in [2.45, 2.75) is 19.9 Å². The Bertz CT molecular complexity index is 1270. The van der Waals surface area contributed by atoms with Crippen LogP contribution in [0.15, 0.2) is 54.6 Å². The summed E-state index contributed by atoms with van der Waals surface area (Å²) in [4.78, 5) is 17.4. The molecule has 0 radical (unpaired) electrons. The van der Waals surface area contributed by atoms with Gasteiger partial charge >= 0.3 is 0 Å². The number of hydrogen-bond donors (Lipinski definition) is 2. The van der Waals surface area contributed by atoms with Crippen LogP contribution in [0.2, 0.25) is 0 Å². The lowest BCUT2D eigenvalue weighted by Crippen LogP contribution is -2.30. The topological polar surface area (TPSA) is 79.3 Å². The van der Waals surface area contributed by atoms with Gasteiger partial charge in [-0.05, 0) is 68.7 Å². The predicted molar refractivity (Wildman–Crippen MR) is 124 cm³/mol. The van der Waals surface area contributed by atoms with E-state index >= 15 is 0 Å². The van der Waals surface area contributed by atoms with Crippen LogP contribution in [0.4, 0.5) is 4.39 Å². The molecule has 0 aliphatic heterocycles. The second-order valence-electron chi connectivity index (χ2n) is 7.99. The van der Waals surface area contributed by atoms with Gasteiger partial charge in [-0.2, -0.15) is 0 Å². The van der Waals surface area contributed by atoms with Crippen molar-refractivity contribution >= 4 is 13.0 Å². The molecule has 0 aliphatic rings. The zero-order chi connectivity index (χ0) is 23.5. The van der Waals surface area contributed by atoms with Crippen molar-refractivity contribution < 1.29 is 18.9 Å². The summed E-state index contributed by atoms with van der Waals surface area (Å²) in [6, 6.07) is 13.4. The third kappa shape index (κ3) is 6.06. The number of hydrogen-bond acceptors (Lipinski definition) is 4. The van der Waals surface area contributed by atoms with Crippen LogP contribution in [0.5, 0.6) is 5.75 Å². The van der Waals surface area contributed by atoms with Crippen molar-refractivity contribution in [2.75, 3.05) is 13.3 Å². The number of aromatic nitrogens is 1. The van der Waals surface area contributed by atoms with Crippen molar-refractivity contribution in [2.24, 2.45) is 0 Å². The van der Waals surface area contributed by atoms with Crippen molar-refractivity contribution in [1.29, 1.82) is 0 Å². The molecule has 2 aromatic carbocycles. The first-order chi connectivity index (χ1) is 15.0. The maximum Gasteiger partial charge on any atom is 0.270 e. The molecule has 3 aromatic rings. The summed E-state index contributed by atoms with van der Waals surface area (Å²) in [5.41, 5.74) is 5.85. The molecule has 5 nitrogen and oxygen atoms in total. The maximum absolute atomic E-state index is 14.0. The standard InChI is InChI=1S/C25H24FN2O3P/c1-16-5-7-19(8-6-16)24(21-15-20(26)9-10-23(21)29)28-25(30)22-14-18(13-17(2)27-22)11-12-32(3,4)31/h5-10,13-15,24,29H,1-4H3,(H,28,30). The van der Waals surface area contributed by atoms with E-state index in [1.54, 1.807) is 26.3 Å². The van der Waals surface area contributed by atoms with Crippen molar-refractivity contribution in [3.63, 3.8) is 0 Å². The molecule has 0 saturated heterocycles. The second kappa shape index (κ2) is 9.38. The smallest absolute Gasteiger partial charge is 0.270 e. The summed E-state index contributed by atoms with van der Waals surface area (Å²) in [6.07, 6.45) is 0. The van der Waals surface area contributed by atoms with Crippen molar-refractivity contribution in [1.82, 2.24) is 10.3 Å². The van der Waals surface area contributed by atoms with E-state index in [1.807, 2.05) is 31.2 Å².